The van der Waals surface area contributed by atoms with Gasteiger partial charge in [-0.25, -0.2) is 9.13 Å². The number of nitrogens with zero attached hydrogens (tertiary/aromatic N) is 4. The lowest BCUT2D eigenvalue weighted by molar-refractivity contribution is -0.132. The van der Waals surface area contributed by atoms with E-state index in [1.807, 2.05) is 0 Å². The fraction of sp³-hybridized carbons (Fsp3) is 0.273. The molecular weight excluding hydrogens is 282 g/mol. The minimum atomic E-state index is -0.860. The normalized spacial score (nSPS) is 10.6. The molecule has 0 unspecified atom stereocenters. The van der Waals surface area contributed by atoms with Crippen molar-refractivity contribution in [2.75, 3.05) is 5.73 Å². The molecule has 110 valence electrons. The number of anilines is 1. The van der Waals surface area contributed by atoms with Crippen LogP contribution in [0.3, 0.4) is 0 Å². The number of carbonyl (C=O) groups is 3. The van der Waals surface area contributed by atoms with Crippen LogP contribution in [0, 0.1) is 0 Å². The van der Waals surface area contributed by atoms with Gasteiger partial charge in [-0.3, -0.25) is 19.2 Å². The molecule has 0 amide bonds. The molecule has 0 atom stereocenters. The third-order valence-corrected chi connectivity index (χ3v) is 2.55. The Kier molecular flexibility index (Phi) is 3.29. The smallest absolute Gasteiger partial charge is 0.313 e. The van der Waals surface area contributed by atoms with Crippen molar-refractivity contribution < 1.29 is 19.1 Å². The van der Waals surface area contributed by atoms with Gasteiger partial charge in [0.15, 0.2) is 11.2 Å². The van der Waals surface area contributed by atoms with Crippen molar-refractivity contribution in [1.82, 2.24) is 19.1 Å². The SMILES string of the molecule is CC(=O)Oc1nc2c(c(=O)nc(N)n2C(C)=O)n1C(C)=O. The zero-order chi connectivity index (χ0) is 15.9. The topological polar surface area (TPSA) is 139 Å². The molecule has 2 heterocycles. The van der Waals surface area contributed by atoms with Crippen molar-refractivity contribution in [3.05, 3.63) is 10.4 Å². The van der Waals surface area contributed by atoms with Gasteiger partial charge in [-0.15, -0.1) is 0 Å². The second-order valence-corrected chi connectivity index (χ2v) is 4.14. The van der Waals surface area contributed by atoms with Gasteiger partial charge < -0.3 is 10.5 Å². The summed E-state index contributed by atoms with van der Waals surface area (Å²) in [6, 6.07) is -0.426. The van der Waals surface area contributed by atoms with E-state index in [-0.39, 0.29) is 17.1 Å². The number of imidazole rings is 1. The van der Waals surface area contributed by atoms with E-state index < -0.39 is 29.4 Å². The van der Waals surface area contributed by atoms with Crippen LogP contribution in [0.4, 0.5) is 5.95 Å². The Balaban J connectivity index is 2.99. The Morgan fingerprint density at radius 2 is 1.62 bits per heavy atom. The number of hydrogen-bond acceptors (Lipinski definition) is 8. The van der Waals surface area contributed by atoms with Gasteiger partial charge in [0, 0.05) is 20.8 Å². The van der Waals surface area contributed by atoms with E-state index in [9.17, 15) is 19.2 Å². The lowest BCUT2D eigenvalue weighted by atomic mass is 10.4. The van der Waals surface area contributed by atoms with Gasteiger partial charge in [-0.05, 0) is 0 Å². The Labute approximate surface area is 117 Å². The van der Waals surface area contributed by atoms with Crippen LogP contribution in [0.15, 0.2) is 4.79 Å². The van der Waals surface area contributed by atoms with Crippen LogP contribution in [0.2, 0.25) is 0 Å². The van der Waals surface area contributed by atoms with Crippen LogP contribution in [0.5, 0.6) is 6.01 Å². The van der Waals surface area contributed by atoms with E-state index in [1.54, 1.807) is 0 Å². The lowest BCUT2D eigenvalue weighted by Crippen LogP contribution is -2.23. The molecule has 0 aliphatic carbocycles. The van der Waals surface area contributed by atoms with E-state index in [4.69, 9.17) is 10.5 Å². The zero-order valence-corrected chi connectivity index (χ0v) is 11.4. The Morgan fingerprint density at radius 1 is 1.05 bits per heavy atom. The second-order valence-electron chi connectivity index (χ2n) is 4.14. The highest BCUT2D eigenvalue weighted by atomic mass is 16.5. The molecule has 21 heavy (non-hydrogen) atoms. The fourth-order valence-electron chi connectivity index (χ4n) is 1.85. The fourth-order valence-corrected chi connectivity index (χ4v) is 1.85. The van der Waals surface area contributed by atoms with Crippen molar-refractivity contribution in [1.29, 1.82) is 0 Å². The van der Waals surface area contributed by atoms with Crippen LogP contribution in [0.25, 0.3) is 11.2 Å². The lowest BCUT2D eigenvalue weighted by Gasteiger charge is -2.05. The third-order valence-electron chi connectivity index (χ3n) is 2.55. The minimum absolute atomic E-state index is 0.202. The number of fused-ring (bicyclic) bond motifs is 1. The molecule has 0 saturated carbocycles. The number of ether oxygens (including phenoxy) is 1. The molecule has 2 rings (SSSR count). The molecule has 0 spiro atoms. The van der Waals surface area contributed by atoms with Crippen molar-refractivity contribution in [2.45, 2.75) is 20.8 Å². The molecule has 2 aromatic heterocycles. The monoisotopic (exact) mass is 293 g/mol. The van der Waals surface area contributed by atoms with Crippen LogP contribution >= 0.6 is 0 Å². The van der Waals surface area contributed by atoms with Crippen LogP contribution in [-0.4, -0.2) is 36.9 Å². The van der Waals surface area contributed by atoms with Gasteiger partial charge in [0.05, 0.1) is 0 Å². The average molecular weight is 293 g/mol. The summed E-state index contributed by atoms with van der Waals surface area (Å²) in [5.41, 5.74) is 4.16. The summed E-state index contributed by atoms with van der Waals surface area (Å²) in [5.74, 6) is -2.31. The Hall–Kier alpha value is -3.04. The molecule has 2 aromatic rings. The molecular formula is C11H11N5O5. The van der Waals surface area contributed by atoms with Crippen LogP contribution < -0.4 is 16.0 Å². The first-order chi connectivity index (χ1) is 9.73. The first kappa shape index (κ1) is 14.4. The quantitative estimate of drug-likeness (QED) is 0.689. The van der Waals surface area contributed by atoms with E-state index >= 15 is 0 Å². The van der Waals surface area contributed by atoms with Crippen molar-refractivity contribution in [2.24, 2.45) is 0 Å². The molecule has 10 heteroatoms. The highest BCUT2D eigenvalue weighted by molar-refractivity contribution is 5.94. The van der Waals surface area contributed by atoms with Gasteiger partial charge in [-0.1, -0.05) is 0 Å². The standard InChI is InChI=1S/C11H11N5O5/c1-4(17)15-7-8(13-11(15)21-6(3)19)16(5(2)18)10(12)14-9(7)20/h1-3H3,(H2,12,14,20). The number of nitrogen functional groups attached to an aromatic ring is 1. The predicted octanol–water partition coefficient (Wildman–Crippen LogP) is -0.579. The summed E-state index contributed by atoms with van der Waals surface area (Å²) in [6.45, 7) is 3.43. The van der Waals surface area contributed by atoms with Gasteiger partial charge in [-0.2, -0.15) is 9.97 Å². The largest absolute Gasteiger partial charge is 0.392 e. The number of hydrogen-bond donors (Lipinski definition) is 1. The summed E-state index contributed by atoms with van der Waals surface area (Å²) in [6.07, 6.45) is 0. The molecule has 0 saturated heterocycles. The number of rotatable bonds is 1. The molecule has 2 N–H and O–H groups in total. The first-order valence-corrected chi connectivity index (χ1v) is 5.75. The molecule has 0 aliphatic heterocycles. The van der Waals surface area contributed by atoms with Gasteiger partial charge in [0.25, 0.3) is 0 Å². The molecule has 0 aromatic carbocycles. The predicted molar refractivity (Wildman–Crippen MR) is 70.1 cm³/mol. The van der Waals surface area contributed by atoms with E-state index in [1.165, 1.54) is 6.92 Å². The highest BCUT2D eigenvalue weighted by Crippen LogP contribution is 2.20. The van der Waals surface area contributed by atoms with Crippen LogP contribution in [-0.2, 0) is 4.79 Å². The Bertz CT molecular complexity index is 847. The summed E-state index contributed by atoms with van der Waals surface area (Å²) in [4.78, 5) is 53.6. The van der Waals surface area contributed by atoms with Gasteiger partial charge >= 0.3 is 17.5 Å². The van der Waals surface area contributed by atoms with E-state index in [0.29, 0.717) is 0 Å². The summed E-state index contributed by atoms with van der Waals surface area (Å²) < 4.78 is 6.40. The third kappa shape index (κ3) is 2.26. The Morgan fingerprint density at radius 3 is 2.10 bits per heavy atom. The summed E-state index contributed by atoms with van der Waals surface area (Å²) >= 11 is 0. The highest BCUT2D eigenvalue weighted by Gasteiger charge is 2.24. The second kappa shape index (κ2) is 4.81. The summed E-state index contributed by atoms with van der Waals surface area (Å²) in [7, 11) is 0. The molecule has 0 bridgehead atoms. The minimum Gasteiger partial charge on any atom is -0.392 e. The molecule has 0 fully saturated rings. The van der Waals surface area contributed by atoms with E-state index in [2.05, 4.69) is 9.97 Å². The van der Waals surface area contributed by atoms with Crippen molar-refractivity contribution in [3.63, 3.8) is 0 Å². The first-order valence-electron chi connectivity index (χ1n) is 5.75. The average Bonchev–Trinajstić information content (AvgIpc) is 2.66. The number of esters is 1. The number of aromatic nitrogens is 4. The van der Waals surface area contributed by atoms with E-state index in [0.717, 1.165) is 23.0 Å². The van der Waals surface area contributed by atoms with Crippen molar-refractivity contribution in [3.8, 4) is 6.01 Å². The van der Waals surface area contributed by atoms with Crippen LogP contribution in [0.1, 0.15) is 30.4 Å². The maximum Gasteiger partial charge on any atom is 0.313 e. The van der Waals surface area contributed by atoms with Crippen molar-refractivity contribution >= 4 is 34.9 Å². The molecule has 10 nitrogen and oxygen atoms in total. The number of nitrogens with two attached hydrogens (primary N) is 1. The number of carbonyl (C=O) groups excluding carboxylic acids is 3. The maximum absolute atomic E-state index is 11.9. The summed E-state index contributed by atoms with van der Waals surface area (Å²) in [5, 5.41) is 0. The maximum atomic E-state index is 11.9. The molecule has 0 radical (unpaired) electrons. The zero-order valence-electron chi connectivity index (χ0n) is 11.4. The van der Waals surface area contributed by atoms with Gasteiger partial charge in [0.1, 0.15) is 0 Å². The van der Waals surface area contributed by atoms with Gasteiger partial charge in [0.2, 0.25) is 17.8 Å². The molecule has 0 aliphatic rings.